The van der Waals surface area contributed by atoms with Crippen molar-refractivity contribution < 1.29 is 4.74 Å². The quantitative estimate of drug-likeness (QED) is 0.734. The van der Waals surface area contributed by atoms with Crippen LogP contribution in [0.25, 0.3) is 17.1 Å². The van der Waals surface area contributed by atoms with E-state index in [1.54, 1.807) is 7.11 Å². The standard InChI is InChI=1S/C15H12ClN3OS/c1-20-13-9-5-4-8-12(13)19-14(17-18-15(19)21)10-6-2-3-7-11(10)16/h2-9H,1H3,(H,18,21). The molecule has 1 heterocycles. The molecule has 0 aliphatic rings. The predicted octanol–water partition coefficient (Wildman–Crippen LogP) is 4.26. The molecular weight excluding hydrogens is 306 g/mol. The van der Waals surface area contributed by atoms with E-state index in [1.807, 2.05) is 53.1 Å². The van der Waals surface area contributed by atoms with Gasteiger partial charge in [-0.3, -0.25) is 9.67 Å². The number of hydrogen-bond acceptors (Lipinski definition) is 3. The van der Waals surface area contributed by atoms with E-state index >= 15 is 0 Å². The van der Waals surface area contributed by atoms with E-state index in [4.69, 9.17) is 28.6 Å². The van der Waals surface area contributed by atoms with Crippen LogP contribution in [0.3, 0.4) is 0 Å². The number of nitrogens with zero attached hydrogens (tertiary/aromatic N) is 2. The van der Waals surface area contributed by atoms with Gasteiger partial charge in [-0.1, -0.05) is 35.9 Å². The van der Waals surface area contributed by atoms with Crippen molar-refractivity contribution in [3.63, 3.8) is 0 Å². The number of nitrogens with one attached hydrogen (secondary N) is 1. The van der Waals surface area contributed by atoms with Crippen LogP contribution in [0.5, 0.6) is 5.75 Å². The van der Waals surface area contributed by atoms with Gasteiger partial charge in [0.1, 0.15) is 5.75 Å². The number of H-pyrrole nitrogens is 1. The number of benzene rings is 2. The Labute approximate surface area is 132 Å². The molecule has 0 saturated carbocycles. The molecule has 0 aliphatic carbocycles. The van der Waals surface area contributed by atoms with Gasteiger partial charge in [-0.2, -0.15) is 5.10 Å². The lowest BCUT2D eigenvalue weighted by molar-refractivity contribution is 0.413. The molecule has 2 aromatic carbocycles. The molecule has 0 fully saturated rings. The molecular formula is C15H12ClN3OS. The highest BCUT2D eigenvalue weighted by molar-refractivity contribution is 7.71. The van der Waals surface area contributed by atoms with Gasteiger partial charge in [0.2, 0.25) is 0 Å². The summed E-state index contributed by atoms with van der Waals surface area (Å²) in [4.78, 5) is 0. The Balaban J connectivity index is 2.28. The first-order valence-corrected chi connectivity index (χ1v) is 7.06. The summed E-state index contributed by atoms with van der Waals surface area (Å²) in [6.07, 6.45) is 0. The maximum atomic E-state index is 6.27. The Morgan fingerprint density at radius 2 is 1.86 bits per heavy atom. The van der Waals surface area contributed by atoms with Crippen LogP contribution in [0.15, 0.2) is 48.5 Å². The number of methoxy groups -OCH3 is 1. The van der Waals surface area contributed by atoms with Gasteiger partial charge in [-0.15, -0.1) is 0 Å². The first-order valence-electron chi connectivity index (χ1n) is 6.28. The number of aromatic nitrogens is 3. The Hall–Kier alpha value is -2.11. The zero-order valence-corrected chi connectivity index (χ0v) is 12.8. The molecule has 1 aromatic heterocycles. The Morgan fingerprint density at radius 3 is 2.62 bits per heavy atom. The minimum absolute atomic E-state index is 0.481. The average molecular weight is 318 g/mol. The van der Waals surface area contributed by atoms with Crippen molar-refractivity contribution in [2.24, 2.45) is 0 Å². The zero-order chi connectivity index (χ0) is 14.8. The number of para-hydroxylation sites is 2. The molecule has 4 nitrogen and oxygen atoms in total. The Kier molecular flexibility index (Phi) is 3.77. The highest BCUT2D eigenvalue weighted by Crippen LogP contribution is 2.31. The number of halogens is 1. The first-order chi connectivity index (χ1) is 10.2. The van der Waals surface area contributed by atoms with E-state index in [1.165, 1.54) is 0 Å². The maximum Gasteiger partial charge on any atom is 0.200 e. The van der Waals surface area contributed by atoms with Gasteiger partial charge in [0.15, 0.2) is 10.6 Å². The normalized spacial score (nSPS) is 10.6. The summed E-state index contributed by atoms with van der Waals surface area (Å²) in [5, 5.41) is 7.73. The molecule has 0 saturated heterocycles. The summed E-state index contributed by atoms with van der Waals surface area (Å²) in [5.41, 5.74) is 1.62. The molecule has 6 heteroatoms. The van der Waals surface area contributed by atoms with Crippen LogP contribution in [-0.2, 0) is 0 Å². The van der Waals surface area contributed by atoms with Crippen LogP contribution in [0.4, 0.5) is 0 Å². The molecule has 0 radical (unpaired) electrons. The average Bonchev–Trinajstić information content (AvgIpc) is 2.89. The van der Waals surface area contributed by atoms with Crippen LogP contribution in [0, 0.1) is 4.77 Å². The minimum Gasteiger partial charge on any atom is -0.495 e. The summed E-state index contributed by atoms with van der Waals surface area (Å²) >= 11 is 11.6. The SMILES string of the molecule is COc1ccccc1-n1c(-c2ccccc2Cl)n[nH]c1=S. The number of ether oxygens (including phenoxy) is 1. The molecule has 0 atom stereocenters. The third kappa shape index (κ3) is 2.46. The molecule has 0 unspecified atom stereocenters. The maximum absolute atomic E-state index is 6.27. The van der Waals surface area contributed by atoms with Crippen molar-refractivity contribution in [3.8, 4) is 22.8 Å². The zero-order valence-electron chi connectivity index (χ0n) is 11.2. The third-order valence-electron chi connectivity index (χ3n) is 3.11. The Bertz CT molecular complexity index is 841. The molecule has 1 N–H and O–H groups in total. The van der Waals surface area contributed by atoms with Gasteiger partial charge < -0.3 is 4.74 Å². The molecule has 0 amide bonds. The minimum atomic E-state index is 0.481. The first kappa shape index (κ1) is 13.9. The van der Waals surface area contributed by atoms with Gasteiger partial charge in [-0.25, -0.2) is 0 Å². The van der Waals surface area contributed by atoms with Crippen LogP contribution in [-0.4, -0.2) is 21.9 Å². The van der Waals surface area contributed by atoms with E-state index < -0.39 is 0 Å². The van der Waals surface area contributed by atoms with Gasteiger partial charge in [0.25, 0.3) is 0 Å². The number of hydrogen-bond donors (Lipinski definition) is 1. The molecule has 0 spiro atoms. The fraction of sp³-hybridized carbons (Fsp3) is 0.0667. The van der Waals surface area contributed by atoms with Gasteiger partial charge >= 0.3 is 0 Å². The lowest BCUT2D eigenvalue weighted by atomic mass is 10.2. The Morgan fingerprint density at radius 1 is 1.14 bits per heavy atom. The third-order valence-corrected chi connectivity index (χ3v) is 3.72. The largest absolute Gasteiger partial charge is 0.495 e. The lowest BCUT2D eigenvalue weighted by Gasteiger charge is -2.11. The van der Waals surface area contributed by atoms with Crippen molar-refractivity contribution in [3.05, 3.63) is 58.3 Å². The summed E-state index contributed by atoms with van der Waals surface area (Å²) in [5.74, 6) is 1.36. The lowest BCUT2D eigenvalue weighted by Crippen LogP contribution is -2.00. The second kappa shape index (κ2) is 5.71. The van der Waals surface area contributed by atoms with Crippen LogP contribution in [0.1, 0.15) is 0 Å². The van der Waals surface area contributed by atoms with Crippen LogP contribution in [0.2, 0.25) is 5.02 Å². The van der Waals surface area contributed by atoms with Crippen molar-refractivity contribution >= 4 is 23.8 Å². The summed E-state index contributed by atoms with van der Waals surface area (Å²) < 4.78 is 7.70. The predicted molar refractivity (Wildman–Crippen MR) is 85.7 cm³/mol. The molecule has 3 aromatic rings. The topological polar surface area (TPSA) is 42.8 Å². The van der Waals surface area contributed by atoms with Gasteiger partial charge in [0, 0.05) is 5.56 Å². The summed E-state index contributed by atoms with van der Waals surface area (Å²) in [6, 6.07) is 15.1. The summed E-state index contributed by atoms with van der Waals surface area (Å²) in [6.45, 7) is 0. The molecule has 3 rings (SSSR count). The second-order valence-electron chi connectivity index (χ2n) is 4.34. The molecule has 0 aliphatic heterocycles. The number of rotatable bonds is 3. The smallest absolute Gasteiger partial charge is 0.200 e. The second-order valence-corrected chi connectivity index (χ2v) is 5.13. The van der Waals surface area contributed by atoms with Crippen molar-refractivity contribution in [2.45, 2.75) is 0 Å². The van der Waals surface area contributed by atoms with E-state index in [0.717, 1.165) is 11.3 Å². The monoisotopic (exact) mass is 317 g/mol. The van der Waals surface area contributed by atoms with Gasteiger partial charge in [-0.05, 0) is 36.5 Å². The fourth-order valence-corrected chi connectivity index (χ4v) is 2.61. The van der Waals surface area contributed by atoms with Crippen LogP contribution >= 0.6 is 23.8 Å². The molecule has 0 bridgehead atoms. The highest BCUT2D eigenvalue weighted by Gasteiger charge is 2.15. The van der Waals surface area contributed by atoms with Crippen LogP contribution < -0.4 is 4.74 Å². The fourth-order valence-electron chi connectivity index (χ4n) is 2.16. The van der Waals surface area contributed by atoms with Crippen molar-refractivity contribution in [1.29, 1.82) is 0 Å². The summed E-state index contributed by atoms with van der Waals surface area (Å²) in [7, 11) is 1.62. The van der Waals surface area contributed by atoms with E-state index in [0.29, 0.717) is 21.4 Å². The molecule has 106 valence electrons. The van der Waals surface area contributed by atoms with Gasteiger partial charge in [0.05, 0.1) is 17.8 Å². The van der Waals surface area contributed by atoms with E-state index in [2.05, 4.69) is 10.2 Å². The van der Waals surface area contributed by atoms with E-state index in [-0.39, 0.29) is 0 Å². The highest BCUT2D eigenvalue weighted by atomic mass is 35.5. The van der Waals surface area contributed by atoms with E-state index in [9.17, 15) is 0 Å². The number of aromatic amines is 1. The van der Waals surface area contributed by atoms with Crippen molar-refractivity contribution in [2.75, 3.05) is 7.11 Å². The van der Waals surface area contributed by atoms with Crippen molar-refractivity contribution in [1.82, 2.24) is 14.8 Å². The molecule has 21 heavy (non-hydrogen) atoms.